The fourth-order valence-electron chi connectivity index (χ4n) is 3.13. The van der Waals surface area contributed by atoms with Crippen molar-refractivity contribution in [3.63, 3.8) is 0 Å². The van der Waals surface area contributed by atoms with Crippen LogP contribution in [0.25, 0.3) is 0 Å². The zero-order chi connectivity index (χ0) is 17.1. The molecule has 2 saturated heterocycles. The molecule has 2 aliphatic rings. The van der Waals surface area contributed by atoms with Crippen molar-refractivity contribution in [1.82, 2.24) is 9.80 Å². The molecule has 1 aromatic rings. The Hall–Kier alpha value is -2.64. The number of piperazine rings is 1. The topological polar surface area (TPSA) is 87.0 Å². The molecule has 0 aromatic heterocycles. The van der Waals surface area contributed by atoms with Gasteiger partial charge in [-0.3, -0.25) is 19.7 Å². The molecule has 0 radical (unpaired) electrons. The lowest BCUT2D eigenvalue weighted by molar-refractivity contribution is -0.384. The van der Waals surface area contributed by atoms with Crippen molar-refractivity contribution in [2.75, 3.05) is 44.2 Å². The summed E-state index contributed by atoms with van der Waals surface area (Å²) in [5.74, 6) is 0.0569. The SMILES string of the molecule is O=C(CN1CCCC1=O)N1CCN(c2ccc([N+](=O)[O-])cc2)CC1. The van der Waals surface area contributed by atoms with Crippen LogP contribution in [0.2, 0.25) is 0 Å². The summed E-state index contributed by atoms with van der Waals surface area (Å²) in [6.07, 6.45) is 1.38. The normalized spacial score (nSPS) is 18.2. The van der Waals surface area contributed by atoms with Crippen LogP contribution in [0.15, 0.2) is 24.3 Å². The smallest absolute Gasteiger partial charge is 0.269 e. The molecule has 3 rings (SSSR count). The molecule has 0 spiro atoms. The first kappa shape index (κ1) is 16.2. The van der Waals surface area contributed by atoms with Gasteiger partial charge in [0.05, 0.1) is 11.5 Å². The lowest BCUT2D eigenvalue weighted by Crippen LogP contribution is -2.51. The Morgan fingerprint density at radius 3 is 2.29 bits per heavy atom. The van der Waals surface area contributed by atoms with E-state index in [-0.39, 0.29) is 24.0 Å². The first-order valence-electron chi connectivity index (χ1n) is 8.09. The van der Waals surface area contributed by atoms with Gasteiger partial charge in [-0.2, -0.15) is 0 Å². The van der Waals surface area contributed by atoms with Crippen LogP contribution < -0.4 is 4.90 Å². The van der Waals surface area contributed by atoms with Crippen LogP contribution in [0.1, 0.15) is 12.8 Å². The number of hydrogen-bond donors (Lipinski definition) is 0. The molecular formula is C16H20N4O4. The lowest BCUT2D eigenvalue weighted by Gasteiger charge is -2.36. The Morgan fingerprint density at radius 1 is 1.08 bits per heavy atom. The van der Waals surface area contributed by atoms with E-state index < -0.39 is 4.92 Å². The average Bonchev–Trinajstić information content (AvgIpc) is 3.00. The molecule has 0 unspecified atom stereocenters. The van der Waals surface area contributed by atoms with Crippen molar-refractivity contribution in [2.24, 2.45) is 0 Å². The van der Waals surface area contributed by atoms with Crippen LogP contribution in [0.5, 0.6) is 0 Å². The molecule has 24 heavy (non-hydrogen) atoms. The number of nitro benzene ring substituents is 1. The molecular weight excluding hydrogens is 312 g/mol. The van der Waals surface area contributed by atoms with E-state index >= 15 is 0 Å². The number of benzene rings is 1. The van der Waals surface area contributed by atoms with Crippen molar-refractivity contribution in [1.29, 1.82) is 0 Å². The van der Waals surface area contributed by atoms with Crippen LogP contribution in [0, 0.1) is 10.1 Å². The highest BCUT2D eigenvalue weighted by molar-refractivity contribution is 5.86. The van der Waals surface area contributed by atoms with E-state index in [9.17, 15) is 19.7 Å². The summed E-state index contributed by atoms with van der Waals surface area (Å²) in [4.78, 5) is 39.7. The number of hydrogen-bond acceptors (Lipinski definition) is 5. The fraction of sp³-hybridized carbons (Fsp3) is 0.500. The molecule has 8 nitrogen and oxygen atoms in total. The molecule has 0 bridgehead atoms. The summed E-state index contributed by atoms with van der Waals surface area (Å²) in [6.45, 7) is 3.40. The second-order valence-corrected chi connectivity index (χ2v) is 6.06. The van der Waals surface area contributed by atoms with Crippen molar-refractivity contribution >= 4 is 23.2 Å². The number of carbonyl (C=O) groups is 2. The molecule has 0 saturated carbocycles. The van der Waals surface area contributed by atoms with Gasteiger partial charge in [-0.25, -0.2) is 0 Å². The summed E-state index contributed by atoms with van der Waals surface area (Å²) in [7, 11) is 0. The molecule has 8 heteroatoms. The number of nitrogens with zero attached hydrogens (tertiary/aromatic N) is 4. The number of rotatable bonds is 4. The van der Waals surface area contributed by atoms with Gasteiger partial charge in [0.2, 0.25) is 11.8 Å². The van der Waals surface area contributed by atoms with Gasteiger partial charge in [-0.05, 0) is 18.6 Å². The summed E-state index contributed by atoms with van der Waals surface area (Å²) in [5.41, 5.74) is 0.991. The summed E-state index contributed by atoms with van der Waals surface area (Å²) in [5, 5.41) is 10.7. The molecule has 0 aliphatic carbocycles. The maximum atomic E-state index is 12.3. The number of nitro groups is 1. The number of likely N-dealkylation sites (tertiary alicyclic amines) is 1. The zero-order valence-electron chi connectivity index (χ0n) is 13.4. The van der Waals surface area contributed by atoms with E-state index in [4.69, 9.17) is 0 Å². The minimum Gasteiger partial charge on any atom is -0.368 e. The Morgan fingerprint density at radius 2 is 1.75 bits per heavy atom. The zero-order valence-corrected chi connectivity index (χ0v) is 13.4. The molecule has 2 heterocycles. The predicted octanol–water partition coefficient (Wildman–Crippen LogP) is 0.866. The Kier molecular flexibility index (Phi) is 4.64. The van der Waals surface area contributed by atoms with Crippen molar-refractivity contribution < 1.29 is 14.5 Å². The van der Waals surface area contributed by atoms with Gasteiger partial charge in [0, 0.05) is 57.0 Å². The maximum absolute atomic E-state index is 12.3. The highest BCUT2D eigenvalue weighted by Gasteiger charge is 2.27. The quantitative estimate of drug-likeness (QED) is 0.603. The third-order valence-electron chi connectivity index (χ3n) is 4.56. The first-order chi connectivity index (χ1) is 11.5. The summed E-state index contributed by atoms with van der Waals surface area (Å²) >= 11 is 0. The molecule has 2 aliphatic heterocycles. The Bertz CT molecular complexity index is 638. The fourth-order valence-corrected chi connectivity index (χ4v) is 3.13. The molecule has 2 fully saturated rings. The van der Waals surface area contributed by atoms with E-state index in [0.717, 1.165) is 12.1 Å². The molecule has 0 N–H and O–H groups in total. The largest absolute Gasteiger partial charge is 0.368 e. The number of carbonyl (C=O) groups excluding carboxylic acids is 2. The van der Waals surface area contributed by atoms with Crippen LogP contribution in [-0.4, -0.2) is 65.8 Å². The first-order valence-corrected chi connectivity index (χ1v) is 8.09. The van der Waals surface area contributed by atoms with E-state index in [1.807, 2.05) is 0 Å². The standard InChI is InChI=1S/C16H20N4O4/c21-15-2-1-7-19(15)12-16(22)18-10-8-17(9-11-18)13-3-5-14(6-4-13)20(23)24/h3-6H,1-2,7-12H2. The predicted molar refractivity (Wildman–Crippen MR) is 87.7 cm³/mol. The van der Waals surface area contributed by atoms with Gasteiger partial charge in [-0.15, -0.1) is 0 Å². The van der Waals surface area contributed by atoms with Gasteiger partial charge < -0.3 is 14.7 Å². The summed E-state index contributed by atoms with van der Waals surface area (Å²) in [6, 6.07) is 6.45. The number of non-ortho nitro benzene ring substituents is 1. The van der Waals surface area contributed by atoms with Crippen LogP contribution in [-0.2, 0) is 9.59 Å². The maximum Gasteiger partial charge on any atom is 0.269 e. The van der Waals surface area contributed by atoms with Gasteiger partial charge in [0.1, 0.15) is 0 Å². The Labute approximate surface area is 139 Å². The second kappa shape index (κ2) is 6.86. The monoisotopic (exact) mass is 332 g/mol. The molecule has 1 aromatic carbocycles. The lowest BCUT2D eigenvalue weighted by atomic mass is 10.2. The van der Waals surface area contributed by atoms with Crippen LogP contribution >= 0.6 is 0 Å². The number of anilines is 1. The van der Waals surface area contributed by atoms with E-state index in [2.05, 4.69) is 4.90 Å². The minimum absolute atomic E-state index is 0.00593. The molecule has 128 valence electrons. The van der Waals surface area contributed by atoms with Crippen molar-refractivity contribution in [2.45, 2.75) is 12.8 Å². The van der Waals surface area contributed by atoms with Gasteiger partial charge in [0.15, 0.2) is 0 Å². The van der Waals surface area contributed by atoms with E-state index in [0.29, 0.717) is 39.1 Å². The van der Waals surface area contributed by atoms with Gasteiger partial charge in [-0.1, -0.05) is 0 Å². The number of amides is 2. The average molecular weight is 332 g/mol. The van der Waals surface area contributed by atoms with Crippen molar-refractivity contribution in [3.8, 4) is 0 Å². The summed E-state index contributed by atoms with van der Waals surface area (Å²) < 4.78 is 0. The van der Waals surface area contributed by atoms with Gasteiger partial charge >= 0.3 is 0 Å². The molecule has 2 amide bonds. The van der Waals surface area contributed by atoms with Crippen LogP contribution in [0.3, 0.4) is 0 Å². The second-order valence-electron chi connectivity index (χ2n) is 6.06. The highest BCUT2D eigenvalue weighted by Crippen LogP contribution is 2.20. The third kappa shape index (κ3) is 3.47. The van der Waals surface area contributed by atoms with Crippen molar-refractivity contribution in [3.05, 3.63) is 34.4 Å². The minimum atomic E-state index is -0.417. The molecule has 0 atom stereocenters. The van der Waals surface area contributed by atoms with Gasteiger partial charge in [0.25, 0.3) is 5.69 Å². The third-order valence-corrected chi connectivity index (χ3v) is 4.56. The van der Waals surface area contributed by atoms with E-state index in [1.165, 1.54) is 12.1 Å². The Balaban J connectivity index is 1.52. The van der Waals surface area contributed by atoms with Crippen LogP contribution in [0.4, 0.5) is 11.4 Å². The van der Waals surface area contributed by atoms with E-state index in [1.54, 1.807) is 21.9 Å². The highest BCUT2D eigenvalue weighted by atomic mass is 16.6.